The van der Waals surface area contributed by atoms with E-state index in [1.807, 2.05) is 0 Å². The molecule has 2 aliphatic carbocycles. The fraction of sp³-hybridized carbons (Fsp3) is 1.00. The molecule has 0 aromatic heterocycles. The van der Waals surface area contributed by atoms with Gasteiger partial charge in [0.25, 0.3) is 0 Å². The lowest BCUT2D eigenvalue weighted by Crippen LogP contribution is -2.39. The number of hydrogen-bond acceptors (Lipinski definition) is 2. The highest BCUT2D eigenvalue weighted by Crippen LogP contribution is 2.43. The van der Waals surface area contributed by atoms with Crippen LogP contribution in [0.3, 0.4) is 0 Å². The Kier molecular flexibility index (Phi) is 4.25. The van der Waals surface area contributed by atoms with Crippen molar-refractivity contribution in [2.45, 2.75) is 70.3 Å². The quantitative estimate of drug-likeness (QED) is 0.807. The van der Waals surface area contributed by atoms with Gasteiger partial charge >= 0.3 is 0 Å². The van der Waals surface area contributed by atoms with Gasteiger partial charge in [0, 0.05) is 25.8 Å². The first kappa shape index (κ1) is 12.9. The second-order valence-electron chi connectivity index (χ2n) is 6.98. The molecule has 1 saturated heterocycles. The molecular formula is C16H29NO. The maximum Gasteiger partial charge on any atom is 0.0468 e. The minimum Gasteiger partial charge on any atom is -0.381 e. The summed E-state index contributed by atoms with van der Waals surface area (Å²) in [6.45, 7) is 3.32. The highest BCUT2D eigenvalue weighted by molar-refractivity contribution is 4.91. The van der Waals surface area contributed by atoms with Gasteiger partial charge in [-0.1, -0.05) is 19.3 Å². The van der Waals surface area contributed by atoms with Crippen molar-refractivity contribution in [3.05, 3.63) is 0 Å². The van der Waals surface area contributed by atoms with Gasteiger partial charge in [-0.3, -0.25) is 0 Å². The van der Waals surface area contributed by atoms with Crippen molar-refractivity contribution >= 4 is 0 Å². The lowest BCUT2D eigenvalue weighted by Gasteiger charge is -2.41. The Morgan fingerprint density at radius 2 is 1.67 bits per heavy atom. The topological polar surface area (TPSA) is 21.3 Å². The molecule has 18 heavy (non-hydrogen) atoms. The highest BCUT2D eigenvalue weighted by Gasteiger charge is 2.36. The molecule has 1 aliphatic heterocycles. The molecule has 0 spiro atoms. The SMILES string of the molecule is C1CCC(CNC2CC2)(CC2CCOCC2)CC1. The predicted octanol–water partition coefficient (Wildman–Crippen LogP) is 3.51. The first-order chi connectivity index (χ1) is 8.86. The predicted molar refractivity (Wildman–Crippen MR) is 74.7 cm³/mol. The second kappa shape index (κ2) is 5.92. The zero-order chi connectivity index (χ0) is 12.3. The molecule has 0 aromatic carbocycles. The lowest BCUT2D eigenvalue weighted by molar-refractivity contribution is 0.0373. The Hall–Kier alpha value is -0.0800. The van der Waals surface area contributed by atoms with Crippen LogP contribution < -0.4 is 5.32 Å². The first-order valence-corrected chi connectivity index (χ1v) is 8.18. The molecule has 2 saturated carbocycles. The van der Waals surface area contributed by atoms with E-state index in [0.717, 1.165) is 25.2 Å². The summed E-state index contributed by atoms with van der Waals surface area (Å²) in [6, 6.07) is 0.874. The normalized spacial score (nSPS) is 29.3. The zero-order valence-electron chi connectivity index (χ0n) is 11.8. The van der Waals surface area contributed by atoms with Gasteiger partial charge in [-0.05, 0) is 56.3 Å². The van der Waals surface area contributed by atoms with E-state index >= 15 is 0 Å². The number of ether oxygens (including phenoxy) is 1. The number of nitrogens with one attached hydrogen (secondary N) is 1. The van der Waals surface area contributed by atoms with E-state index in [0.29, 0.717) is 5.41 Å². The molecule has 3 fully saturated rings. The molecule has 0 radical (unpaired) electrons. The van der Waals surface area contributed by atoms with Crippen molar-refractivity contribution in [2.75, 3.05) is 19.8 Å². The van der Waals surface area contributed by atoms with Crippen LogP contribution in [-0.2, 0) is 4.74 Å². The van der Waals surface area contributed by atoms with Crippen LogP contribution in [0.2, 0.25) is 0 Å². The van der Waals surface area contributed by atoms with Gasteiger partial charge in [0.15, 0.2) is 0 Å². The summed E-state index contributed by atoms with van der Waals surface area (Å²) >= 11 is 0. The average molecular weight is 251 g/mol. The van der Waals surface area contributed by atoms with Crippen molar-refractivity contribution in [1.29, 1.82) is 0 Å². The summed E-state index contributed by atoms with van der Waals surface area (Å²) in [4.78, 5) is 0. The summed E-state index contributed by atoms with van der Waals surface area (Å²) < 4.78 is 5.51. The van der Waals surface area contributed by atoms with Crippen LogP contribution in [0.4, 0.5) is 0 Å². The van der Waals surface area contributed by atoms with Crippen molar-refractivity contribution in [3.8, 4) is 0 Å². The average Bonchev–Trinajstić information content (AvgIpc) is 3.23. The molecule has 0 bridgehead atoms. The fourth-order valence-electron chi connectivity index (χ4n) is 3.97. The molecule has 0 amide bonds. The summed E-state index contributed by atoms with van der Waals surface area (Å²) in [5, 5.41) is 3.83. The van der Waals surface area contributed by atoms with Gasteiger partial charge in [0.05, 0.1) is 0 Å². The minimum absolute atomic E-state index is 0.642. The van der Waals surface area contributed by atoms with Gasteiger partial charge < -0.3 is 10.1 Å². The van der Waals surface area contributed by atoms with E-state index in [1.54, 1.807) is 0 Å². The summed E-state index contributed by atoms with van der Waals surface area (Å²) in [6.07, 6.45) is 14.3. The van der Waals surface area contributed by atoms with Gasteiger partial charge in [0.1, 0.15) is 0 Å². The van der Waals surface area contributed by atoms with E-state index in [9.17, 15) is 0 Å². The number of rotatable bonds is 5. The summed E-state index contributed by atoms with van der Waals surface area (Å²) in [5.41, 5.74) is 0.642. The Morgan fingerprint density at radius 3 is 2.33 bits per heavy atom. The largest absolute Gasteiger partial charge is 0.381 e. The van der Waals surface area contributed by atoms with Crippen LogP contribution >= 0.6 is 0 Å². The van der Waals surface area contributed by atoms with Gasteiger partial charge in [-0.25, -0.2) is 0 Å². The van der Waals surface area contributed by atoms with E-state index < -0.39 is 0 Å². The molecule has 0 unspecified atom stereocenters. The van der Waals surface area contributed by atoms with Crippen LogP contribution in [-0.4, -0.2) is 25.8 Å². The van der Waals surface area contributed by atoms with Gasteiger partial charge in [0.2, 0.25) is 0 Å². The van der Waals surface area contributed by atoms with E-state index in [2.05, 4.69) is 5.32 Å². The summed E-state index contributed by atoms with van der Waals surface area (Å²) in [5.74, 6) is 0.942. The fourth-order valence-corrected chi connectivity index (χ4v) is 3.97. The molecule has 3 aliphatic rings. The van der Waals surface area contributed by atoms with E-state index in [-0.39, 0.29) is 0 Å². The van der Waals surface area contributed by atoms with Crippen LogP contribution in [0.25, 0.3) is 0 Å². The molecule has 0 atom stereocenters. The maximum absolute atomic E-state index is 5.51. The third kappa shape index (κ3) is 3.48. The van der Waals surface area contributed by atoms with Gasteiger partial charge in [-0.2, -0.15) is 0 Å². The Balaban J connectivity index is 1.55. The third-order valence-electron chi connectivity index (χ3n) is 5.32. The molecule has 2 nitrogen and oxygen atoms in total. The monoisotopic (exact) mass is 251 g/mol. The molecule has 1 heterocycles. The molecule has 2 heteroatoms. The molecule has 104 valence electrons. The van der Waals surface area contributed by atoms with E-state index in [1.165, 1.54) is 70.8 Å². The van der Waals surface area contributed by atoms with Crippen LogP contribution in [0.15, 0.2) is 0 Å². The first-order valence-electron chi connectivity index (χ1n) is 8.18. The van der Waals surface area contributed by atoms with Crippen LogP contribution in [0.5, 0.6) is 0 Å². The Morgan fingerprint density at radius 1 is 0.944 bits per heavy atom. The Bertz CT molecular complexity index is 250. The standard InChI is InChI=1S/C16H29NO/c1-2-8-16(9-3-1,13-17-15-4-5-15)12-14-6-10-18-11-7-14/h14-15,17H,1-13H2. The summed E-state index contributed by atoms with van der Waals surface area (Å²) in [7, 11) is 0. The van der Waals surface area contributed by atoms with Crippen molar-refractivity contribution in [2.24, 2.45) is 11.3 Å². The van der Waals surface area contributed by atoms with E-state index in [4.69, 9.17) is 4.74 Å². The number of hydrogen-bond donors (Lipinski definition) is 1. The van der Waals surface area contributed by atoms with Crippen molar-refractivity contribution in [3.63, 3.8) is 0 Å². The van der Waals surface area contributed by atoms with Gasteiger partial charge in [-0.15, -0.1) is 0 Å². The molecular weight excluding hydrogens is 222 g/mol. The smallest absolute Gasteiger partial charge is 0.0468 e. The maximum atomic E-state index is 5.51. The zero-order valence-corrected chi connectivity index (χ0v) is 11.8. The minimum atomic E-state index is 0.642. The second-order valence-corrected chi connectivity index (χ2v) is 6.98. The van der Waals surface area contributed by atoms with Crippen molar-refractivity contribution in [1.82, 2.24) is 5.32 Å². The van der Waals surface area contributed by atoms with Crippen LogP contribution in [0.1, 0.15) is 64.2 Å². The van der Waals surface area contributed by atoms with Crippen molar-refractivity contribution < 1.29 is 4.74 Å². The third-order valence-corrected chi connectivity index (χ3v) is 5.32. The molecule has 3 rings (SSSR count). The molecule has 0 aromatic rings. The Labute approximate surface area is 112 Å². The molecule has 1 N–H and O–H groups in total. The van der Waals surface area contributed by atoms with Crippen LogP contribution in [0, 0.1) is 11.3 Å². The lowest BCUT2D eigenvalue weighted by atomic mass is 9.68. The highest BCUT2D eigenvalue weighted by atomic mass is 16.5.